The number of methoxy groups -OCH3 is 1. The molecule has 0 spiro atoms. The van der Waals surface area contributed by atoms with Crippen LogP contribution >= 0.6 is 0 Å². The van der Waals surface area contributed by atoms with Gasteiger partial charge in [0, 0.05) is 6.42 Å². The number of rotatable bonds is 6. The van der Waals surface area contributed by atoms with Crippen molar-refractivity contribution in [1.29, 1.82) is 0 Å². The Morgan fingerprint density at radius 3 is 2.59 bits per heavy atom. The summed E-state index contributed by atoms with van der Waals surface area (Å²) >= 11 is 0. The first-order valence-corrected chi connectivity index (χ1v) is 5.65. The summed E-state index contributed by atoms with van der Waals surface area (Å²) < 4.78 is 23.5. The summed E-state index contributed by atoms with van der Waals surface area (Å²) in [6, 6.07) is 4.67. The van der Waals surface area contributed by atoms with Crippen LogP contribution in [0.3, 0.4) is 0 Å². The molecule has 0 aliphatic rings. The molecule has 0 fully saturated rings. The molecule has 17 heavy (non-hydrogen) atoms. The lowest BCUT2D eigenvalue weighted by molar-refractivity contribution is 0.00618. The highest BCUT2D eigenvalue weighted by atomic mass is 19.1. The van der Waals surface area contributed by atoms with Crippen molar-refractivity contribution in [2.75, 3.05) is 13.7 Å². The Morgan fingerprint density at radius 1 is 1.35 bits per heavy atom. The zero-order valence-electron chi connectivity index (χ0n) is 10.4. The Hall–Kier alpha value is -1.13. The van der Waals surface area contributed by atoms with Gasteiger partial charge in [-0.3, -0.25) is 0 Å². The van der Waals surface area contributed by atoms with E-state index in [9.17, 15) is 9.50 Å². The van der Waals surface area contributed by atoms with Crippen LogP contribution < -0.4 is 4.74 Å². The van der Waals surface area contributed by atoms with Gasteiger partial charge in [-0.05, 0) is 31.5 Å². The predicted molar refractivity (Wildman–Crippen MR) is 63.8 cm³/mol. The van der Waals surface area contributed by atoms with Gasteiger partial charge in [0.1, 0.15) is 0 Å². The minimum absolute atomic E-state index is 0.0808. The minimum Gasteiger partial charge on any atom is -0.494 e. The summed E-state index contributed by atoms with van der Waals surface area (Å²) in [5, 5.41) is 9.69. The molecule has 0 saturated heterocycles. The third-order valence-corrected chi connectivity index (χ3v) is 2.31. The van der Waals surface area contributed by atoms with Crippen molar-refractivity contribution in [1.82, 2.24) is 0 Å². The van der Waals surface area contributed by atoms with Crippen LogP contribution in [0.5, 0.6) is 5.75 Å². The molecule has 96 valence electrons. The van der Waals surface area contributed by atoms with Crippen molar-refractivity contribution in [3.8, 4) is 5.75 Å². The summed E-state index contributed by atoms with van der Waals surface area (Å²) in [6.07, 6.45) is -0.171. The maximum atomic E-state index is 13.4. The molecule has 0 heterocycles. The van der Waals surface area contributed by atoms with Crippen molar-refractivity contribution in [2.24, 2.45) is 0 Å². The molecular formula is C13H19FO3. The minimum atomic E-state index is -0.620. The number of aliphatic hydroxyl groups excluding tert-OH is 1. The van der Waals surface area contributed by atoms with Crippen LogP contribution in [0, 0.1) is 5.82 Å². The molecule has 1 aromatic rings. The van der Waals surface area contributed by atoms with Gasteiger partial charge in [0.25, 0.3) is 0 Å². The second-order valence-corrected chi connectivity index (χ2v) is 4.21. The first-order valence-electron chi connectivity index (χ1n) is 5.65. The molecule has 1 atom stereocenters. The van der Waals surface area contributed by atoms with Gasteiger partial charge in [-0.25, -0.2) is 4.39 Å². The molecule has 0 aliphatic heterocycles. The maximum Gasteiger partial charge on any atom is 0.165 e. The summed E-state index contributed by atoms with van der Waals surface area (Å²) in [7, 11) is 1.42. The van der Waals surface area contributed by atoms with E-state index in [0.717, 1.165) is 5.56 Å². The van der Waals surface area contributed by atoms with E-state index in [1.54, 1.807) is 12.1 Å². The van der Waals surface area contributed by atoms with Crippen LogP contribution in [-0.4, -0.2) is 31.0 Å². The molecule has 1 N–H and O–H groups in total. The Bertz CT molecular complexity index is 353. The fraction of sp³-hybridized carbons (Fsp3) is 0.538. The van der Waals surface area contributed by atoms with Gasteiger partial charge >= 0.3 is 0 Å². The second-order valence-electron chi connectivity index (χ2n) is 4.21. The van der Waals surface area contributed by atoms with E-state index in [-0.39, 0.29) is 18.5 Å². The zero-order chi connectivity index (χ0) is 12.8. The highest BCUT2D eigenvalue weighted by Gasteiger charge is 2.09. The molecule has 0 aliphatic carbocycles. The number of halogens is 1. The summed E-state index contributed by atoms with van der Waals surface area (Å²) in [5.41, 5.74) is 0.725. The molecule has 3 nitrogen and oxygen atoms in total. The maximum absolute atomic E-state index is 13.4. The first-order chi connectivity index (χ1) is 8.02. The highest BCUT2D eigenvalue weighted by Crippen LogP contribution is 2.18. The van der Waals surface area contributed by atoms with Crippen molar-refractivity contribution < 1.29 is 19.0 Å². The van der Waals surface area contributed by atoms with E-state index < -0.39 is 11.9 Å². The lowest BCUT2D eigenvalue weighted by atomic mass is 10.1. The smallest absolute Gasteiger partial charge is 0.165 e. The number of aliphatic hydroxyl groups is 1. The van der Waals surface area contributed by atoms with Gasteiger partial charge < -0.3 is 14.6 Å². The standard InChI is InChI=1S/C13H19FO3/c1-9(2)17-8-11(15)6-10-4-5-13(16-3)12(14)7-10/h4-5,7,9,11,15H,6,8H2,1-3H3. The fourth-order valence-corrected chi connectivity index (χ4v) is 1.47. The van der Waals surface area contributed by atoms with Gasteiger partial charge in [0.15, 0.2) is 11.6 Å². The third-order valence-electron chi connectivity index (χ3n) is 2.31. The number of benzene rings is 1. The lowest BCUT2D eigenvalue weighted by Gasteiger charge is -2.13. The topological polar surface area (TPSA) is 38.7 Å². The largest absolute Gasteiger partial charge is 0.494 e. The molecule has 0 radical (unpaired) electrons. The SMILES string of the molecule is COc1ccc(CC(O)COC(C)C)cc1F. The van der Waals surface area contributed by atoms with Gasteiger partial charge in [-0.1, -0.05) is 6.07 Å². The van der Waals surface area contributed by atoms with Crippen LogP contribution in [0.25, 0.3) is 0 Å². The lowest BCUT2D eigenvalue weighted by Crippen LogP contribution is -2.20. The zero-order valence-corrected chi connectivity index (χ0v) is 10.4. The van der Waals surface area contributed by atoms with E-state index in [1.165, 1.54) is 13.2 Å². The van der Waals surface area contributed by atoms with Gasteiger partial charge in [0.05, 0.1) is 25.9 Å². The molecule has 0 bridgehead atoms. The van der Waals surface area contributed by atoms with E-state index in [4.69, 9.17) is 9.47 Å². The third kappa shape index (κ3) is 4.71. The predicted octanol–water partition coefficient (Wildman–Crippen LogP) is 2.16. The molecule has 0 saturated carbocycles. The normalized spacial score (nSPS) is 12.8. The monoisotopic (exact) mass is 242 g/mol. The average Bonchev–Trinajstić information content (AvgIpc) is 2.26. The molecule has 1 unspecified atom stereocenters. The van der Waals surface area contributed by atoms with Crippen molar-refractivity contribution in [3.05, 3.63) is 29.6 Å². The van der Waals surface area contributed by atoms with E-state index in [2.05, 4.69) is 0 Å². The summed E-state index contributed by atoms with van der Waals surface area (Å²) in [5.74, 6) is -0.205. The molecule has 4 heteroatoms. The van der Waals surface area contributed by atoms with E-state index >= 15 is 0 Å². The number of hydrogen-bond acceptors (Lipinski definition) is 3. The number of ether oxygens (including phenoxy) is 2. The quantitative estimate of drug-likeness (QED) is 0.830. The molecule has 0 amide bonds. The second kappa shape index (κ2) is 6.57. The highest BCUT2D eigenvalue weighted by molar-refractivity contribution is 5.29. The van der Waals surface area contributed by atoms with Crippen LogP contribution in [0.1, 0.15) is 19.4 Å². The van der Waals surface area contributed by atoms with Gasteiger partial charge in [0.2, 0.25) is 0 Å². The van der Waals surface area contributed by atoms with Crippen LogP contribution in [0.15, 0.2) is 18.2 Å². The summed E-state index contributed by atoms with van der Waals surface area (Å²) in [6.45, 7) is 4.06. The number of hydrogen-bond donors (Lipinski definition) is 1. The van der Waals surface area contributed by atoms with Crippen molar-refractivity contribution in [2.45, 2.75) is 32.5 Å². The molecular weight excluding hydrogens is 223 g/mol. The Balaban J connectivity index is 2.53. The van der Waals surface area contributed by atoms with Gasteiger partial charge in [-0.2, -0.15) is 0 Å². The molecule has 0 aromatic heterocycles. The fourth-order valence-electron chi connectivity index (χ4n) is 1.47. The molecule has 1 aromatic carbocycles. The summed E-state index contributed by atoms with van der Waals surface area (Å²) in [4.78, 5) is 0. The average molecular weight is 242 g/mol. The van der Waals surface area contributed by atoms with Crippen molar-refractivity contribution >= 4 is 0 Å². The van der Waals surface area contributed by atoms with E-state index in [0.29, 0.717) is 6.42 Å². The first kappa shape index (κ1) is 13.9. The Kier molecular flexibility index (Phi) is 5.38. The van der Waals surface area contributed by atoms with E-state index in [1.807, 2.05) is 13.8 Å². The Morgan fingerprint density at radius 2 is 2.06 bits per heavy atom. The van der Waals surface area contributed by atoms with Crippen LogP contribution in [-0.2, 0) is 11.2 Å². The van der Waals surface area contributed by atoms with Crippen LogP contribution in [0.4, 0.5) is 4.39 Å². The van der Waals surface area contributed by atoms with Gasteiger partial charge in [-0.15, -0.1) is 0 Å². The Labute approximate surface area is 101 Å². The van der Waals surface area contributed by atoms with Crippen molar-refractivity contribution in [3.63, 3.8) is 0 Å². The molecule has 1 rings (SSSR count). The van der Waals surface area contributed by atoms with Crippen LogP contribution in [0.2, 0.25) is 0 Å².